The summed E-state index contributed by atoms with van der Waals surface area (Å²) in [6.45, 7) is 0. The van der Waals surface area contributed by atoms with Crippen LogP contribution >= 0.6 is 23.5 Å². The van der Waals surface area contributed by atoms with Crippen LogP contribution in [0.5, 0.6) is 0 Å². The van der Waals surface area contributed by atoms with Crippen LogP contribution in [0.1, 0.15) is 36.2 Å². The number of hydrogen-bond donors (Lipinski definition) is 1. The van der Waals surface area contributed by atoms with E-state index in [-0.39, 0.29) is 5.75 Å². The van der Waals surface area contributed by atoms with Crippen LogP contribution in [0, 0.1) is 0 Å². The van der Waals surface area contributed by atoms with Crippen molar-refractivity contribution in [2.75, 3.05) is 11.5 Å². The van der Waals surface area contributed by atoms with Gasteiger partial charge in [0.1, 0.15) is 0 Å². The maximum Gasteiger partial charge on any atom is 0.313 e. The van der Waals surface area contributed by atoms with E-state index in [4.69, 9.17) is 9.63 Å². The van der Waals surface area contributed by atoms with Crippen LogP contribution in [0.4, 0.5) is 0 Å². The van der Waals surface area contributed by atoms with Crippen molar-refractivity contribution < 1.29 is 14.4 Å². The van der Waals surface area contributed by atoms with Gasteiger partial charge in [0, 0.05) is 0 Å². The average molecular weight is 274 g/mol. The third-order valence-electron chi connectivity index (χ3n) is 2.40. The van der Waals surface area contributed by atoms with E-state index in [9.17, 15) is 4.79 Å². The minimum atomic E-state index is -0.822. The lowest BCUT2D eigenvalue weighted by Gasteiger charge is -2.17. The second-order valence-electron chi connectivity index (χ2n) is 3.79. The fraction of sp³-hybridized carbons (Fsp3) is 0.700. The van der Waals surface area contributed by atoms with E-state index in [0.717, 1.165) is 18.0 Å². The molecule has 1 saturated heterocycles. The Balaban J connectivity index is 1.84. The summed E-state index contributed by atoms with van der Waals surface area (Å²) in [4.78, 5) is 14.7. The molecule has 0 bridgehead atoms. The topological polar surface area (TPSA) is 76.2 Å². The fourth-order valence-corrected chi connectivity index (χ4v) is 3.43. The quantitative estimate of drug-likeness (QED) is 0.883. The molecule has 7 heteroatoms. The number of carbonyl (C=O) groups is 1. The van der Waals surface area contributed by atoms with Crippen molar-refractivity contribution in [3.8, 4) is 0 Å². The van der Waals surface area contributed by atoms with Crippen molar-refractivity contribution in [3.05, 3.63) is 11.7 Å². The SMILES string of the molecule is O=C(O)CSCc1nc(C2CCCCS2)no1. The highest BCUT2D eigenvalue weighted by Crippen LogP contribution is 2.36. The van der Waals surface area contributed by atoms with E-state index < -0.39 is 5.97 Å². The molecule has 1 fully saturated rings. The first-order valence-corrected chi connectivity index (χ1v) is 7.69. The van der Waals surface area contributed by atoms with Gasteiger partial charge in [-0.3, -0.25) is 4.79 Å². The Bertz CT molecular complexity index is 377. The first-order valence-electron chi connectivity index (χ1n) is 5.49. The Morgan fingerprint density at radius 3 is 3.18 bits per heavy atom. The summed E-state index contributed by atoms with van der Waals surface area (Å²) < 4.78 is 5.11. The van der Waals surface area contributed by atoms with Gasteiger partial charge in [0.25, 0.3) is 0 Å². The highest BCUT2D eigenvalue weighted by atomic mass is 32.2. The third kappa shape index (κ3) is 3.92. The standard InChI is InChI=1S/C10H14N2O3S2/c13-9(14)6-16-5-8-11-10(12-15-8)7-3-1-2-4-17-7/h7H,1-6H2,(H,13,14). The third-order valence-corrected chi connectivity index (χ3v) is 4.68. The second kappa shape index (κ2) is 6.30. The Labute approximate surface area is 108 Å². The number of thioether (sulfide) groups is 2. The van der Waals surface area contributed by atoms with Gasteiger partial charge < -0.3 is 9.63 Å². The minimum Gasteiger partial charge on any atom is -0.481 e. The molecule has 2 heterocycles. The molecule has 0 aromatic carbocycles. The van der Waals surface area contributed by atoms with Gasteiger partial charge in [0.05, 0.1) is 16.8 Å². The Hall–Kier alpha value is -0.690. The molecular formula is C10H14N2O3S2. The molecule has 0 amide bonds. The van der Waals surface area contributed by atoms with Crippen molar-refractivity contribution in [3.63, 3.8) is 0 Å². The molecule has 1 aliphatic rings. The predicted molar refractivity (Wildman–Crippen MR) is 67.1 cm³/mol. The first-order chi connectivity index (χ1) is 8.25. The number of carboxylic acid groups (broad SMARTS) is 1. The lowest BCUT2D eigenvalue weighted by atomic mass is 10.2. The van der Waals surface area contributed by atoms with Crippen molar-refractivity contribution in [2.45, 2.75) is 30.3 Å². The number of rotatable bonds is 5. The smallest absolute Gasteiger partial charge is 0.313 e. The number of hydrogen-bond acceptors (Lipinski definition) is 6. The molecule has 0 radical (unpaired) electrons. The summed E-state index contributed by atoms with van der Waals surface area (Å²) in [6, 6.07) is 0. The maximum atomic E-state index is 10.4. The van der Waals surface area contributed by atoms with Crippen LogP contribution in [0.15, 0.2) is 4.52 Å². The average Bonchev–Trinajstić information content (AvgIpc) is 2.78. The van der Waals surface area contributed by atoms with Crippen LogP contribution in [0.25, 0.3) is 0 Å². The molecule has 1 atom stereocenters. The van der Waals surface area contributed by atoms with Gasteiger partial charge in [-0.15, -0.1) is 11.8 Å². The molecule has 17 heavy (non-hydrogen) atoms. The molecule has 1 aromatic rings. The lowest BCUT2D eigenvalue weighted by Crippen LogP contribution is -2.04. The Morgan fingerprint density at radius 2 is 2.47 bits per heavy atom. The van der Waals surface area contributed by atoms with E-state index in [1.807, 2.05) is 11.8 Å². The molecule has 1 aromatic heterocycles. The molecule has 94 valence electrons. The lowest BCUT2D eigenvalue weighted by molar-refractivity contribution is -0.133. The molecule has 1 unspecified atom stereocenters. The van der Waals surface area contributed by atoms with Crippen molar-refractivity contribution in [1.29, 1.82) is 0 Å². The molecule has 0 saturated carbocycles. The Morgan fingerprint density at radius 1 is 1.59 bits per heavy atom. The molecule has 0 aliphatic carbocycles. The monoisotopic (exact) mass is 274 g/mol. The van der Waals surface area contributed by atoms with E-state index in [1.54, 1.807) is 0 Å². The summed E-state index contributed by atoms with van der Waals surface area (Å²) in [5.41, 5.74) is 0. The van der Waals surface area contributed by atoms with Crippen molar-refractivity contribution in [1.82, 2.24) is 10.1 Å². The van der Waals surface area contributed by atoms with Crippen molar-refractivity contribution in [2.24, 2.45) is 0 Å². The zero-order chi connectivity index (χ0) is 12.1. The van der Waals surface area contributed by atoms with Crippen LogP contribution in [-0.4, -0.2) is 32.7 Å². The number of carboxylic acids is 1. The second-order valence-corrected chi connectivity index (χ2v) is 6.08. The highest BCUT2D eigenvalue weighted by Gasteiger charge is 2.21. The van der Waals surface area contributed by atoms with Gasteiger partial charge in [-0.2, -0.15) is 16.7 Å². The summed E-state index contributed by atoms with van der Waals surface area (Å²) in [7, 11) is 0. The molecule has 2 rings (SSSR count). The normalized spacial score (nSPS) is 20.4. The summed E-state index contributed by atoms with van der Waals surface area (Å²) in [5.74, 6) is 2.16. The zero-order valence-electron chi connectivity index (χ0n) is 9.29. The maximum absolute atomic E-state index is 10.4. The molecule has 1 N–H and O–H groups in total. The van der Waals surface area contributed by atoms with E-state index in [2.05, 4.69) is 10.1 Å². The molecule has 5 nitrogen and oxygen atoms in total. The van der Waals surface area contributed by atoms with E-state index >= 15 is 0 Å². The van der Waals surface area contributed by atoms with Gasteiger partial charge in [-0.05, 0) is 18.6 Å². The number of aliphatic carboxylic acids is 1. The van der Waals surface area contributed by atoms with Crippen LogP contribution in [0.2, 0.25) is 0 Å². The van der Waals surface area contributed by atoms with Crippen LogP contribution in [-0.2, 0) is 10.5 Å². The molecular weight excluding hydrogens is 260 g/mol. The number of nitrogens with zero attached hydrogens (tertiary/aromatic N) is 2. The minimum absolute atomic E-state index is 0.0654. The van der Waals surface area contributed by atoms with Gasteiger partial charge in [0.2, 0.25) is 5.89 Å². The molecule has 1 aliphatic heterocycles. The van der Waals surface area contributed by atoms with Crippen molar-refractivity contribution >= 4 is 29.5 Å². The van der Waals surface area contributed by atoms with Crippen LogP contribution in [0.3, 0.4) is 0 Å². The van der Waals surface area contributed by atoms with Gasteiger partial charge in [0.15, 0.2) is 5.82 Å². The summed E-state index contributed by atoms with van der Waals surface area (Å²) >= 11 is 3.14. The van der Waals surface area contributed by atoms with Crippen LogP contribution < -0.4 is 0 Å². The molecule has 0 spiro atoms. The van der Waals surface area contributed by atoms with E-state index in [0.29, 0.717) is 16.9 Å². The van der Waals surface area contributed by atoms with Gasteiger partial charge in [-0.25, -0.2) is 0 Å². The first kappa shape index (κ1) is 12.8. The van der Waals surface area contributed by atoms with E-state index in [1.165, 1.54) is 24.6 Å². The fourth-order valence-electron chi connectivity index (χ4n) is 1.63. The van der Waals surface area contributed by atoms with Gasteiger partial charge in [-0.1, -0.05) is 11.6 Å². The highest BCUT2D eigenvalue weighted by molar-refractivity contribution is 7.99. The predicted octanol–water partition coefficient (Wildman–Crippen LogP) is 2.35. The summed E-state index contributed by atoms with van der Waals surface area (Å²) in [5, 5.41) is 12.8. The number of aromatic nitrogens is 2. The summed E-state index contributed by atoms with van der Waals surface area (Å²) in [6.07, 6.45) is 3.58. The Kier molecular flexibility index (Phi) is 4.73. The van der Waals surface area contributed by atoms with Gasteiger partial charge >= 0.3 is 5.97 Å². The zero-order valence-corrected chi connectivity index (χ0v) is 10.9. The largest absolute Gasteiger partial charge is 0.481 e.